The number of hydrogen-bond acceptors (Lipinski definition) is 1. The van der Waals surface area contributed by atoms with Gasteiger partial charge in [0.2, 0.25) is 0 Å². The molecule has 0 saturated carbocycles. The number of fused-ring (bicyclic) bond motifs is 12. The van der Waals surface area contributed by atoms with Crippen molar-refractivity contribution in [2.45, 2.75) is 5.41 Å². The molecule has 0 N–H and O–H groups in total. The van der Waals surface area contributed by atoms with E-state index in [-0.39, 0.29) is 0 Å². The number of imidazole rings is 1. The van der Waals surface area contributed by atoms with Crippen LogP contribution in [0.1, 0.15) is 22.3 Å². The summed E-state index contributed by atoms with van der Waals surface area (Å²) in [5.41, 5.74) is 11.6. The van der Waals surface area contributed by atoms with Crippen LogP contribution in [0.2, 0.25) is 0 Å². The van der Waals surface area contributed by atoms with Crippen molar-refractivity contribution in [3.8, 4) is 22.3 Å². The molecule has 0 fully saturated rings. The van der Waals surface area contributed by atoms with Crippen LogP contribution in [0, 0.1) is 0 Å². The van der Waals surface area contributed by atoms with E-state index in [1.807, 2.05) is 0 Å². The quantitative estimate of drug-likeness (QED) is 0.0703. The summed E-state index contributed by atoms with van der Waals surface area (Å²) < 4.78 is 2.44. The number of pyridine rings is 1. The van der Waals surface area contributed by atoms with Crippen LogP contribution in [0.3, 0.4) is 0 Å². The molecule has 12 aromatic rings. The average Bonchev–Trinajstić information content (AvgIpc) is 3.91. The first kappa shape index (κ1) is 37.4. The molecule has 1 aliphatic carbocycles. The zero-order valence-corrected chi connectivity index (χ0v) is 37.4. The second kappa shape index (κ2) is 14.5. The molecule has 0 saturated heterocycles. The normalized spacial score (nSPS) is 13.2. The minimum atomic E-state index is -2.16. The predicted molar refractivity (Wildman–Crippen MR) is 272 cm³/mol. The van der Waals surface area contributed by atoms with Crippen LogP contribution in [-0.4, -0.2) is 24.5 Å². The molecule has 0 amide bonds. The Hall–Kier alpha value is -7.12. The summed E-state index contributed by atoms with van der Waals surface area (Å²) in [6.07, 6.45) is 0. The van der Waals surface area contributed by atoms with Crippen LogP contribution in [0.4, 0.5) is 0 Å². The Morgan fingerprint density at radius 1 is 0.391 bits per heavy atom. The number of aromatic nitrogens is 2. The van der Waals surface area contributed by atoms with E-state index in [1.54, 1.807) is 0 Å². The number of rotatable bonds is 6. The fourth-order valence-corrected chi connectivity index (χ4v) is 15.7. The Bertz CT molecular complexity index is 3780. The average molecular weight is 898 g/mol. The second-order valence-electron chi connectivity index (χ2n) is 17.0. The maximum atomic E-state index is 5.49. The van der Waals surface area contributed by atoms with Crippen LogP contribution in [0.25, 0.3) is 71.4 Å². The fraction of sp³-hybridized carbons (Fsp3) is 0.0167. The molecule has 0 unspecified atom stereocenters. The van der Waals surface area contributed by atoms with Gasteiger partial charge in [-0.05, 0) is 22.3 Å². The zero-order chi connectivity index (χ0) is 42.4. The molecule has 10 aromatic carbocycles. The summed E-state index contributed by atoms with van der Waals surface area (Å²) in [4.78, 5) is 5.49. The van der Waals surface area contributed by atoms with Gasteiger partial charge in [0.25, 0.3) is 0 Å². The van der Waals surface area contributed by atoms with E-state index in [4.69, 9.17) is 4.98 Å². The SMILES string of the molecule is [Se]=P(c1ccccc1)(c1ccccc1)c1ccc2c3cc4ccccc4cc3c3nc4ccc(-c5ccc6c(c5)C(c5ccccc5)(c5ccccc5)c5ccccc5-6)cc4n3c2c1. The molecule has 0 bridgehead atoms. The molecular weight excluding hydrogens is 859 g/mol. The molecule has 13 rings (SSSR count). The van der Waals surface area contributed by atoms with Gasteiger partial charge in [0, 0.05) is 0 Å². The number of nitrogens with zero attached hydrogens (tertiary/aromatic N) is 2. The Morgan fingerprint density at radius 2 is 0.938 bits per heavy atom. The van der Waals surface area contributed by atoms with Crippen LogP contribution in [0.5, 0.6) is 0 Å². The van der Waals surface area contributed by atoms with Crippen LogP contribution in [0.15, 0.2) is 237 Å². The summed E-state index contributed by atoms with van der Waals surface area (Å²) in [5, 5.41) is 9.91. The van der Waals surface area contributed by atoms with Crippen molar-refractivity contribution in [2.24, 2.45) is 0 Å². The van der Waals surface area contributed by atoms with E-state index in [1.165, 1.54) is 76.4 Å². The molecule has 1 aliphatic rings. The van der Waals surface area contributed by atoms with Gasteiger partial charge in [-0.15, -0.1) is 0 Å². The maximum absolute atomic E-state index is 5.49. The van der Waals surface area contributed by atoms with E-state index in [0.29, 0.717) is 0 Å². The van der Waals surface area contributed by atoms with E-state index in [9.17, 15) is 0 Å². The predicted octanol–water partition coefficient (Wildman–Crippen LogP) is 13.4. The fourth-order valence-electron chi connectivity index (χ4n) is 10.8. The Balaban J connectivity index is 1.09. The molecule has 64 heavy (non-hydrogen) atoms. The zero-order valence-electron chi connectivity index (χ0n) is 34.8. The first-order valence-electron chi connectivity index (χ1n) is 21.9. The summed E-state index contributed by atoms with van der Waals surface area (Å²) in [6.45, 7) is 0. The summed E-state index contributed by atoms with van der Waals surface area (Å²) in [5.74, 6) is 0. The molecule has 0 aliphatic heterocycles. The molecule has 0 atom stereocenters. The van der Waals surface area contributed by atoms with Crippen molar-refractivity contribution < 1.29 is 0 Å². The molecule has 0 radical (unpaired) electrons. The van der Waals surface area contributed by atoms with Crippen LogP contribution < -0.4 is 15.9 Å². The standard InChI is InChI=1S/C60H39N2PSe/c64-63(46-23-9-3-10-24-46,47-25-11-4-12-26-47)48-31-33-51-52-35-40-17-13-14-18-41(40)36-53(52)59-61-56-34-30-43(38-58(56)62(59)57(51)39-48)42-29-32-50-49-27-15-16-28-54(49)60(55(50)37-42,44-19-5-1-6-20-44)45-21-7-2-8-22-45/h1-39H. The van der Waals surface area contributed by atoms with Crippen molar-refractivity contribution in [1.29, 1.82) is 0 Å². The van der Waals surface area contributed by atoms with Crippen LogP contribution in [-0.2, 0) is 5.41 Å². The third-order valence-corrected chi connectivity index (χ3v) is 20.7. The van der Waals surface area contributed by atoms with Gasteiger partial charge in [0.15, 0.2) is 0 Å². The molecule has 0 spiro atoms. The van der Waals surface area contributed by atoms with Crippen molar-refractivity contribution in [2.75, 3.05) is 0 Å². The Morgan fingerprint density at radius 3 is 1.61 bits per heavy atom. The van der Waals surface area contributed by atoms with Gasteiger partial charge in [-0.25, -0.2) is 0 Å². The van der Waals surface area contributed by atoms with E-state index in [0.717, 1.165) is 33.1 Å². The van der Waals surface area contributed by atoms with Crippen molar-refractivity contribution in [3.05, 3.63) is 259 Å². The Kier molecular flexibility index (Phi) is 8.46. The number of hydrogen-bond donors (Lipinski definition) is 0. The van der Waals surface area contributed by atoms with Crippen molar-refractivity contribution in [1.82, 2.24) is 9.38 Å². The molecular formula is C60H39N2PSe. The molecule has 2 heterocycles. The van der Waals surface area contributed by atoms with Gasteiger partial charge in [0.1, 0.15) is 0 Å². The number of benzene rings is 10. The van der Waals surface area contributed by atoms with Crippen molar-refractivity contribution in [3.63, 3.8) is 0 Å². The van der Waals surface area contributed by atoms with E-state index in [2.05, 4.69) is 256 Å². The topological polar surface area (TPSA) is 17.3 Å². The molecule has 2 aromatic heterocycles. The van der Waals surface area contributed by atoms with Gasteiger partial charge in [-0.2, -0.15) is 0 Å². The van der Waals surface area contributed by atoms with Gasteiger partial charge in [-0.1, -0.05) is 84.9 Å². The third-order valence-electron chi connectivity index (χ3n) is 13.7. The van der Waals surface area contributed by atoms with Gasteiger partial charge in [-0.3, -0.25) is 0 Å². The van der Waals surface area contributed by atoms with Gasteiger partial charge < -0.3 is 0 Å². The summed E-state index contributed by atoms with van der Waals surface area (Å²) in [7, 11) is 0. The molecule has 300 valence electrons. The molecule has 4 heteroatoms. The first-order chi connectivity index (χ1) is 31.6. The van der Waals surface area contributed by atoms with E-state index < -0.39 is 10.9 Å². The third kappa shape index (κ3) is 5.39. The second-order valence-corrected chi connectivity index (χ2v) is 23.2. The monoisotopic (exact) mass is 898 g/mol. The minimum absolute atomic E-state index is 0.476. The van der Waals surface area contributed by atoms with Crippen molar-refractivity contribution >= 4 is 85.6 Å². The van der Waals surface area contributed by atoms with Gasteiger partial charge in [0.05, 0.1) is 0 Å². The van der Waals surface area contributed by atoms with E-state index >= 15 is 0 Å². The Labute approximate surface area is 379 Å². The first-order valence-corrected chi connectivity index (χ1v) is 25.9. The van der Waals surface area contributed by atoms with Gasteiger partial charge >= 0.3 is 274 Å². The van der Waals surface area contributed by atoms with Crippen LogP contribution >= 0.6 is 5.51 Å². The summed E-state index contributed by atoms with van der Waals surface area (Å²) in [6, 6.07) is 87.6. The molecule has 2 nitrogen and oxygen atoms in total. The summed E-state index contributed by atoms with van der Waals surface area (Å²) >= 11 is 3.82.